The molecule has 0 unspecified atom stereocenters. The number of nitrogens with zero attached hydrogens (tertiary/aromatic N) is 2. The van der Waals surface area contributed by atoms with Crippen LogP contribution in [0.25, 0.3) is 0 Å². The van der Waals surface area contributed by atoms with Gasteiger partial charge in [-0.1, -0.05) is 0 Å². The lowest BCUT2D eigenvalue weighted by Gasteiger charge is -1.91. The molecule has 11 heavy (non-hydrogen) atoms. The van der Waals surface area contributed by atoms with Crippen molar-refractivity contribution in [3.05, 3.63) is 18.3 Å². The van der Waals surface area contributed by atoms with E-state index in [4.69, 9.17) is 5.84 Å². The molecule has 0 fully saturated rings. The number of nitrogen functional groups attached to an aromatic ring is 1. The van der Waals surface area contributed by atoms with E-state index in [0.717, 1.165) is 0 Å². The van der Waals surface area contributed by atoms with Gasteiger partial charge in [-0.3, -0.25) is 0 Å². The highest BCUT2D eigenvalue weighted by atomic mass is 35.5. The SMILES string of the molecule is Cl.Cl.NNc1cccnn1.O. The fourth-order valence-corrected chi connectivity index (χ4v) is 0.379. The van der Waals surface area contributed by atoms with Crippen LogP contribution in [0.5, 0.6) is 0 Å². The van der Waals surface area contributed by atoms with Crippen molar-refractivity contribution in [1.82, 2.24) is 10.2 Å². The molecule has 0 bridgehead atoms. The summed E-state index contributed by atoms with van der Waals surface area (Å²) in [4.78, 5) is 0. The molecule has 1 rings (SSSR count). The average Bonchev–Trinajstić information content (AvgIpc) is 1.90. The van der Waals surface area contributed by atoms with Gasteiger partial charge in [0.25, 0.3) is 0 Å². The predicted octanol–water partition coefficient (Wildman–Crippen LogP) is -0.219. The monoisotopic (exact) mass is 200 g/mol. The Bertz CT molecular complexity index is 161. The minimum atomic E-state index is 0. The number of nitrogens with two attached hydrogens (primary N) is 1. The van der Waals surface area contributed by atoms with E-state index >= 15 is 0 Å². The molecule has 1 aromatic heterocycles. The van der Waals surface area contributed by atoms with Crippen molar-refractivity contribution in [2.24, 2.45) is 5.84 Å². The molecule has 0 aliphatic carbocycles. The Labute approximate surface area is 76.5 Å². The number of nitrogens with one attached hydrogen (secondary N) is 1. The predicted molar refractivity (Wildman–Crippen MR) is 48.0 cm³/mol. The second-order valence-corrected chi connectivity index (χ2v) is 1.25. The minimum absolute atomic E-state index is 0. The molecule has 0 spiro atoms. The van der Waals surface area contributed by atoms with Gasteiger partial charge < -0.3 is 10.9 Å². The minimum Gasteiger partial charge on any atom is -0.412 e. The van der Waals surface area contributed by atoms with Gasteiger partial charge in [-0.05, 0) is 12.1 Å². The van der Waals surface area contributed by atoms with E-state index in [2.05, 4.69) is 15.6 Å². The fourth-order valence-electron chi connectivity index (χ4n) is 0.379. The van der Waals surface area contributed by atoms with Gasteiger partial charge in [-0.15, -0.1) is 29.9 Å². The Morgan fingerprint density at radius 3 is 2.27 bits per heavy atom. The first kappa shape index (κ1) is 16.8. The van der Waals surface area contributed by atoms with Gasteiger partial charge in [-0.25, -0.2) is 5.84 Å². The Balaban J connectivity index is -0.000000213. The third-order valence-corrected chi connectivity index (χ3v) is 0.720. The van der Waals surface area contributed by atoms with Gasteiger partial charge in [0.1, 0.15) is 0 Å². The summed E-state index contributed by atoms with van der Waals surface area (Å²) in [5.41, 5.74) is 2.35. The Morgan fingerprint density at radius 2 is 2.00 bits per heavy atom. The van der Waals surface area contributed by atoms with Crippen molar-refractivity contribution in [2.75, 3.05) is 5.43 Å². The largest absolute Gasteiger partial charge is 0.412 e. The molecule has 0 amide bonds. The van der Waals surface area contributed by atoms with Crippen molar-refractivity contribution < 1.29 is 5.48 Å². The number of aromatic nitrogens is 2. The number of hydrogen-bond acceptors (Lipinski definition) is 4. The summed E-state index contributed by atoms with van der Waals surface area (Å²) in [5, 5.41) is 7.17. The summed E-state index contributed by atoms with van der Waals surface area (Å²) in [6.07, 6.45) is 1.58. The average molecular weight is 201 g/mol. The number of anilines is 1. The zero-order valence-corrected chi connectivity index (χ0v) is 7.15. The van der Waals surface area contributed by atoms with E-state index in [9.17, 15) is 0 Å². The fraction of sp³-hybridized carbons (Fsp3) is 0. The second-order valence-electron chi connectivity index (χ2n) is 1.25. The maximum atomic E-state index is 5.00. The topological polar surface area (TPSA) is 95.3 Å². The Hall–Kier alpha value is -0.620. The van der Waals surface area contributed by atoms with Crippen LogP contribution in [-0.2, 0) is 0 Å². The summed E-state index contributed by atoms with van der Waals surface area (Å²) in [6.45, 7) is 0. The highest BCUT2D eigenvalue weighted by molar-refractivity contribution is 5.85. The number of rotatable bonds is 1. The molecule has 7 heteroatoms. The summed E-state index contributed by atoms with van der Waals surface area (Å²) >= 11 is 0. The molecule has 0 aliphatic rings. The van der Waals surface area contributed by atoms with E-state index in [1.807, 2.05) is 0 Å². The molecule has 1 aromatic rings. The molecule has 66 valence electrons. The maximum absolute atomic E-state index is 5.00. The van der Waals surface area contributed by atoms with Gasteiger partial charge in [0.05, 0.1) is 0 Å². The number of halogens is 2. The van der Waals surface area contributed by atoms with Crippen LogP contribution in [-0.4, -0.2) is 15.7 Å². The summed E-state index contributed by atoms with van der Waals surface area (Å²) < 4.78 is 0. The van der Waals surface area contributed by atoms with Crippen molar-refractivity contribution in [1.29, 1.82) is 0 Å². The van der Waals surface area contributed by atoms with Gasteiger partial charge in [0.2, 0.25) is 0 Å². The zero-order valence-electron chi connectivity index (χ0n) is 5.52. The van der Waals surface area contributed by atoms with Gasteiger partial charge in [0, 0.05) is 6.20 Å². The third-order valence-electron chi connectivity index (χ3n) is 0.720. The lowest BCUT2D eigenvalue weighted by Crippen LogP contribution is -2.08. The first-order valence-electron chi connectivity index (χ1n) is 2.18. The van der Waals surface area contributed by atoms with E-state index in [1.165, 1.54) is 0 Å². The summed E-state index contributed by atoms with van der Waals surface area (Å²) in [7, 11) is 0. The van der Waals surface area contributed by atoms with Gasteiger partial charge >= 0.3 is 0 Å². The molecule has 0 saturated carbocycles. The van der Waals surface area contributed by atoms with Crippen molar-refractivity contribution in [3.8, 4) is 0 Å². The molecule has 0 atom stereocenters. The Kier molecular flexibility index (Phi) is 14.3. The highest BCUT2D eigenvalue weighted by Gasteiger charge is 1.81. The van der Waals surface area contributed by atoms with Crippen LogP contribution in [0.4, 0.5) is 5.82 Å². The van der Waals surface area contributed by atoms with E-state index in [-0.39, 0.29) is 30.3 Å². The van der Waals surface area contributed by atoms with Crippen LogP contribution in [0, 0.1) is 0 Å². The standard InChI is InChI=1S/C4H6N4.2ClH.H2O/c5-7-4-2-1-3-6-8-4;;;/h1-3H,5H2,(H,7,8);2*1H;1H2. The zero-order chi connectivity index (χ0) is 5.82. The summed E-state index contributed by atoms with van der Waals surface area (Å²) in [6, 6.07) is 3.48. The molecule has 5 N–H and O–H groups in total. The van der Waals surface area contributed by atoms with E-state index in [0.29, 0.717) is 5.82 Å². The molecular formula is C4H10Cl2N4O. The molecule has 0 aromatic carbocycles. The smallest absolute Gasteiger partial charge is 0.162 e. The van der Waals surface area contributed by atoms with Crippen molar-refractivity contribution in [2.45, 2.75) is 0 Å². The highest BCUT2D eigenvalue weighted by Crippen LogP contribution is 1.91. The van der Waals surface area contributed by atoms with Crippen LogP contribution in [0.1, 0.15) is 0 Å². The molecule has 0 aliphatic heterocycles. The van der Waals surface area contributed by atoms with E-state index in [1.54, 1.807) is 18.3 Å². The molecular weight excluding hydrogens is 191 g/mol. The quantitative estimate of drug-likeness (QED) is 0.485. The van der Waals surface area contributed by atoms with Gasteiger partial charge in [-0.2, -0.15) is 5.10 Å². The van der Waals surface area contributed by atoms with Crippen LogP contribution in [0.15, 0.2) is 18.3 Å². The van der Waals surface area contributed by atoms with Crippen molar-refractivity contribution in [3.63, 3.8) is 0 Å². The Morgan fingerprint density at radius 1 is 1.36 bits per heavy atom. The lowest BCUT2D eigenvalue weighted by molar-refractivity contribution is 0.824. The molecule has 0 saturated heterocycles. The van der Waals surface area contributed by atoms with Crippen LogP contribution in [0.3, 0.4) is 0 Å². The van der Waals surface area contributed by atoms with Crippen LogP contribution < -0.4 is 11.3 Å². The number of hydrazine groups is 1. The number of hydrogen-bond donors (Lipinski definition) is 2. The summed E-state index contributed by atoms with van der Waals surface area (Å²) in [5.74, 6) is 5.57. The normalized spacial score (nSPS) is 6.27. The first-order valence-corrected chi connectivity index (χ1v) is 2.18. The lowest BCUT2D eigenvalue weighted by atomic mass is 10.5. The maximum Gasteiger partial charge on any atom is 0.162 e. The molecule has 1 heterocycles. The van der Waals surface area contributed by atoms with Crippen molar-refractivity contribution >= 4 is 30.6 Å². The third kappa shape index (κ3) is 5.81. The molecule has 0 radical (unpaired) electrons. The molecule has 5 nitrogen and oxygen atoms in total. The van der Waals surface area contributed by atoms with E-state index < -0.39 is 0 Å². The van der Waals surface area contributed by atoms with Crippen LogP contribution in [0.2, 0.25) is 0 Å². The first-order chi connectivity index (χ1) is 3.93. The second kappa shape index (κ2) is 9.38. The van der Waals surface area contributed by atoms with Gasteiger partial charge in [0.15, 0.2) is 5.82 Å². The van der Waals surface area contributed by atoms with Crippen LogP contribution >= 0.6 is 24.8 Å².